The molecule has 7 heteroatoms. The van der Waals surface area contributed by atoms with Gasteiger partial charge < -0.3 is 20.9 Å². The highest BCUT2D eigenvalue weighted by Gasteiger charge is 2.11. The molecule has 0 aromatic carbocycles. The molecular formula is C14H27N7. The summed E-state index contributed by atoms with van der Waals surface area (Å²) in [7, 11) is 0. The molecule has 1 aromatic rings. The molecule has 0 amide bonds. The highest BCUT2D eigenvalue weighted by Crippen LogP contribution is 2.12. The normalized spacial score (nSPS) is 15.9. The number of nitrogens with zero attached hydrogens (tertiary/aromatic N) is 5. The molecule has 1 fully saturated rings. The first-order chi connectivity index (χ1) is 10.2. The van der Waals surface area contributed by atoms with Gasteiger partial charge in [0.25, 0.3) is 0 Å². The van der Waals surface area contributed by atoms with Crippen LogP contribution in [0.3, 0.4) is 0 Å². The van der Waals surface area contributed by atoms with Crippen molar-refractivity contribution >= 4 is 17.8 Å². The van der Waals surface area contributed by atoms with Crippen LogP contribution in [-0.2, 0) is 0 Å². The fourth-order valence-electron chi connectivity index (χ4n) is 2.62. The van der Waals surface area contributed by atoms with Gasteiger partial charge in [-0.05, 0) is 39.8 Å². The van der Waals surface area contributed by atoms with Crippen LogP contribution in [0.15, 0.2) is 0 Å². The molecular weight excluding hydrogens is 266 g/mol. The lowest BCUT2D eigenvalue weighted by atomic mass is 10.1. The number of nitrogens with one attached hydrogen (secondary N) is 1. The minimum absolute atomic E-state index is 0.271. The smallest absolute Gasteiger partial charge is 0.231 e. The minimum atomic E-state index is 0.271. The Hall–Kier alpha value is -1.63. The van der Waals surface area contributed by atoms with Gasteiger partial charge >= 0.3 is 0 Å². The number of aromatic nitrogens is 3. The molecule has 1 aliphatic heterocycles. The summed E-state index contributed by atoms with van der Waals surface area (Å²) in [6, 6.07) is 0. The Bertz CT molecular complexity index is 427. The number of rotatable bonds is 7. The third-order valence-electron chi connectivity index (χ3n) is 3.85. The summed E-state index contributed by atoms with van der Waals surface area (Å²) in [6.45, 7) is 10.1. The first kappa shape index (κ1) is 15.8. The predicted octanol–water partition coefficient (Wildman–Crippen LogP) is 1.20. The zero-order valence-corrected chi connectivity index (χ0v) is 13.2. The van der Waals surface area contributed by atoms with Crippen molar-refractivity contribution in [3.63, 3.8) is 0 Å². The summed E-state index contributed by atoms with van der Waals surface area (Å²) in [4.78, 5) is 17.4. The fraction of sp³-hybridized carbons (Fsp3) is 0.786. The molecule has 0 saturated carbocycles. The van der Waals surface area contributed by atoms with Crippen molar-refractivity contribution in [1.29, 1.82) is 0 Å². The largest absolute Gasteiger partial charge is 0.368 e. The molecule has 0 spiro atoms. The Morgan fingerprint density at radius 3 is 2.48 bits per heavy atom. The van der Waals surface area contributed by atoms with Crippen molar-refractivity contribution in [2.45, 2.75) is 33.1 Å². The second kappa shape index (κ2) is 7.97. The zero-order valence-electron chi connectivity index (χ0n) is 13.2. The molecule has 1 saturated heterocycles. The summed E-state index contributed by atoms with van der Waals surface area (Å²) in [5.74, 6) is 1.49. The second-order valence-corrected chi connectivity index (χ2v) is 5.32. The minimum Gasteiger partial charge on any atom is -0.368 e. The van der Waals surface area contributed by atoms with E-state index in [0.29, 0.717) is 11.9 Å². The molecule has 118 valence electrons. The average molecular weight is 293 g/mol. The molecule has 1 aromatic heterocycles. The van der Waals surface area contributed by atoms with E-state index in [1.54, 1.807) is 0 Å². The Morgan fingerprint density at radius 2 is 1.81 bits per heavy atom. The van der Waals surface area contributed by atoms with Crippen LogP contribution in [0.25, 0.3) is 0 Å². The first-order valence-corrected chi connectivity index (χ1v) is 7.95. The monoisotopic (exact) mass is 293 g/mol. The van der Waals surface area contributed by atoms with Crippen molar-refractivity contribution in [2.75, 3.05) is 55.2 Å². The second-order valence-electron chi connectivity index (χ2n) is 5.32. The van der Waals surface area contributed by atoms with E-state index in [9.17, 15) is 0 Å². The number of piperidine rings is 1. The van der Waals surface area contributed by atoms with Gasteiger partial charge in [0.05, 0.1) is 0 Å². The van der Waals surface area contributed by atoms with Crippen LogP contribution in [0.5, 0.6) is 0 Å². The number of nitrogen functional groups attached to an aromatic ring is 1. The highest BCUT2D eigenvalue weighted by atomic mass is 15.3. The van der Waals surface area contributed by atoms with E-state index < -0.39 is 0 Å². The molecule has 0 radical (unpaired) electrons. The first-order valence-electron chi connectivity index (χ1n) is 7.95. The Labute approximate surface area is 127 Å². The molecule has 0 aliphatic carbocycles. The van der Waals surface area contributed by atoms with Crippen LogP contribution in [0, 0.1) is 0 Å². The van der Waals surface area contributed by atoms with Gasteiger partial charge in [0.2, 0.25) is 17.8 Å². The fourth-order valence-corrected chi connectivity index (χ4v) is 2.62. The van der Waals surface area contributed by atoms with E-state index in [2.05, 4.69) is 43.9 Å². The molecule has 21 heavy (non-hydrogen) atoms. The summed E-state index contributed by atoms with van der Waals surface area (Å²) >= 11 is 0. The zero-order chi connectivity index (χ0) is 15.1. The van der Waals surface area contributed by atoms with Gasteiger partial charge in [0.15, 0.2) is 0 Å². The average Bonchev–Trinajstić information content (AvgIpc) is 2.49. The standard InChI is InChI=1S/C14H27N7/c1-3-21(4-2)14-18-12(15)17-13(19-14)16-8-11-20-9-6-5-7-10-20/h3-11H2,1-2H3,(H3,15,16,17,18,19). The quantitative estimate of drug-likeness (QED) is 0.781. The predicted molar refractivity (Wildman–Crippen MR) is 86.6 cm³/mol. The molecule has 3 N–H and O–H groups in total. The lowest BCUT2D eigenvalue weighted by molar-refractivity contribution is 0.237. The lowest BCUT2D eigenvalue weighted by Crippen LogP contribution is -2.34. The molecule has 0 bridgehead atoms. The lowest BCUT2D eigenvalue weighted by Gasteiger charge is -2.26. The molecule has 0 atom stereocenters. The molecule has 1 aliphatic rings. The van der Waals surface area contributed by atoms with Crippen LogP contribution < -0.4 is 16.0 Å². The van der Waals surface area contributed by atoms with Gasteiger partial charge in [0, 0.05) is 26.2 Å². The van der Waals surface area contributed by atoms with Gasteiger partial charge in [0.1, 0.15) is 0 Å². The van der Waals surface area contributed by atoms with Crippen molar-refractivity contribution in [1.82, 2.24) is 19.9 Å². The van der Waals surface area contributed by atoms with E-state index in [1.165, 1.54) is 32.4 Å². The van der Waals surface area contributed by atoms with E-state index in [1.807, 2.05) is 0 Å². The number of nitrogens with two attached hydrogens (primary N) is 1. The molecule has 0 unspecified atom stereocenters. The highest BCUT2D eigenvalue weighted by molar-refractivity contribution is 5.41. The van der Waals surface area contributed by atoms with E-state index >= 15 is 0 Å². The van der Waals surface area contributed by atoms with Gasteiger partial charge in [-0.15, -0.1) is 0 Å². The molecule has 2 rings (SSSR count). The van der Waals surface area contributed by atoms with Gasteiger partial charge in [-0.2, -0.15) is 15.0 Å². The van der Waals surface area contributed by atoms with Crippen LogP contribution >= 0.6 is 0 Å². The maximum absolute atomic E-state index is 5.78. The van der Waals surface area contributed by atoms with E-state index in [4.69, 9.17) is 5.73 Å². The Balaban J connectivity index is 1.90. The van der Waals surface area contributed by atoms with Crippen molar-refractivity contribution in [3.8, 4) is 0 Å². The summed E-state index contributed by atoms with van der Waals surface area (Å²) in [5.41, 5.74) is 5.78. The van der Waals surface area contributed by atoms with Crippen LogP contribution in [0.1, 0.15) is 33.1 Å². The van der Waals surface area contributed by atoms with Crippen molar-refractivity contribution in [2.24, 2.45) is 0 Å². The molecule has 2 heterocycles. The Kier molecular flexibility index (Phi) is 5.98. The van der Waals surface area contributed by atoms with Gasteiger partial charge in [-0.1, -0.05) is 6.42 Å². The number of hydrogen-bond donors (Lipinski definition) is 2. The van der Waals surface area contributed by atoms with Crippen LogP contribution in [0.2, 0.25) is 0 Å². The van der Waals surface area contributed by atoms with Crippen LogP contribution in [-0.4, -0.2) is 59.1 Å². The third kappa shape index (κ3) is 4.70. The number of hydrogen-bond acceptors (Lipinski definition) is 7. The van der Waals surface area contributed by atoms with Crippen molar-refractivity contribution in [3.05, 3.63) is 0 Å². The topological polar surface area (TPSA) is 83.2 Å². The SMILES string of the molecule is CCN(CC)c1nc(N)nc(NCCN2CCCCC2)n1. The summed E-state index contributed by atoms with van der Waals surface area (Å²) in [6.07, 6.45) is 3.98. The maximum Gasteiger partial charge on any atom is 0.231 e. The third-order valence-corrected chi connectivity index (χ3v) is 3.85. The summed E-state index contributed by atoms with van der Waals surface area (Å²) < 4.78 is 0. The number of likely N-dealkylation sites (tertiary alicyclic amines) is 1. The van der Waals surface area contributed by atoms with Crippen LogP contribution in [0.4, 0.5) is 17.8 Å². The summed E-state index contributed by atoms with van der Waals surface area (Å²) in [5, 5.41) is 3.27. The molecule has 7 nitrogen and oxygen atoms in total. The van der Waals surface area contributed by atoms with Gasteiger partial charge in [-0.3, -0.25) is 0 Å². The van der Waals surface area contributed by atoms with Crippen molar-refractivity contribution < 1.29 is 0 Å². The maximum atomic E-state index is 5.78. The number of anilines is 3. The Morgan fingerprint density at radius 1 is 1.10 bits per heavy atom. The van der Waals surface area contributed by atoms with Gasteiger partial charge in [-0.25, -0.2) is 0 Å². The van der Waals surface area contributed by atoms with E-state index in [0.717, 1.165) is 26.2 Å². The van der Waals surface area contributed by atoms with E-state index in [-0.39, 0.29) is 5.95 Å².